The van der Waals surface area contributed by atoms with Gasteiger partial charge in [0.15, 0.2) is 5.69 Å². The normalized spacial score (nSPS) is 9.85. The number of primary amides is 1. The Morgan fingerprint density at radius 1 is 1.62 bits per heavy atom. The first-order chi connectivity index (χ1) is 6.00. The van der Waals surface area contributed by atoms with E-state index in [1.807, 2.05) is 0 Å². The average molecular weight is 184 g/mol. The number of aromatic carboxylic acids is 1. The van der Waals surface area contributed by atoms with Gasteiger partial charge in [-0.1, -0.05) is 0 Å². The lowest BCUT2D eigenvalue weighted by molar-refractivity contribution is -0.118. The summed E-state index contributed by atoms with van der Waals surface area (Å²) >= 11 is 0. The van der Waals surface area contributed by atoms with Crippen LogP contribution in [0.4, 0.5) is 5.82 Å². The second-order valence-corrected chi connectivity index (χ2v) is 2.38. The maximum absolute atomic E-state index is 10.5. The first-order valence-electron chi connectivity index (χ1n) is 3.35. The number of carbonyl (C=O) groups is 2. The highest BCUT2D eigenvalue weighted by Crippen LogP contribution is 2.05. The maximum Gasteiger partial charge on any atom is 0.356 e. The lowest BCUT2D eigenvalue weighted by atomic mass is 10.4. The van der Waals surface area contributed by atoms with Crippen molar-refractivity contribution in [1.82, 2.24) is 9.78 Å². The molecular formula is C6H8N4O3. The highest BCUT2D eigenvalue weighted by molar-refractivity contribution is 5.86. The molecule has 0 aliphatic rings. The van der Waals surface area contributed by atoms with Crippen LogP contribution < -0.4 is 11.5 Å². The van der Waals surface area contributed by atoms with Crippen LogP contribution in [0.25, 0.3) is 0 Å². The van der Waals surface area contributed by atoms with Crippen molar-refractivity contribution in [2.24, 2.45) is 5.73 Å². The Balaban J connectivity index is 2.96. The number of hydrogen-bond donors (Lipinski definition) is 3. The fourth-order valence-corrected chi connectivity index (χ4v) is 0.810. The molecule has 1 heterocycles. The number of carboxylic acid groups (broad SMARTS) is 1. The lowest BCUT2D eigenvalue weighted by Crippen LogP contribution is -2.20. The standard InChI is InChI=1S/C6H8N4O3/c7-4-1-3(6(12)13)9-10(4)2-5(8)11/h1H,2,7H2,(H2,8,11)(H,12,13). The van der Waals surface area contributed by atoms with E-state index in [-0.39, 0.29) is 18.1 Å². The number of nitrogen functional groups attached to an aromatic ring is 1. The topological polar surface area (TPSA) is 124 Å². The fourth-order valence-electron chi connectivity index (χ4n) is 0.810. The molecule has 0 fully saturated rings. The summed E-state index contributed by atoms with van der Waals surface area (Å²) in [6.45, 7) is -0.223. The van der Waals surface area contributed by atoms with Gasteiger partial charge in [0, 0.05) is 6.07 Å². The zero-order chi connectivity index (χ0) is 10.0. The van der Waals surface area contributed by atoms with Gasteiger partial charge in [-0.05, 0) is 0 Å². The van der Waals surface area contributed by atoms with Gasteiger partial charge < -0.3 is 16.6 Å². The number of nitrogens with zero attached hydrogens (tertiary/aromatic N) is 2. The summed E-state index contributed by atoms with van der Waals surface area (Å²) < 4.78 is 1.03. The van der Waals surface area contributed by atoms with E-state index in [4.69, 9.17) is 16.6 Å². The molecule has 0 saturated heterocycles. The van der Waals surface area contributed by atoms with Crippen molar-refractivity contribution in [2.45, 2.75) is 6.54 Å². The van der Waals surface area contributed by atoms with Gasteiger partial charge in [0.1, 0.15) is 12.4 Å². The summed E-state index contributed by atoms with van der Waals surface area (Å²) in [6, 6.07) is 1.16. The fraction of sp³-hybridized carbons (Fsp3) is 0.167. The van der Waals surface area contributed by atoms with Gasteiger partial charge >= 0.3 is 5.97 Å². The molecule has 7 nitrogen and oxygen atoms in total. The molecular weight excluding hydrogens is 176 g/mol. The number of aromatic nitrogens is 2. The average Bonchev–Trinajstić information content (AvgIpc) is 2.31. The first-order valence-corrected chi connectivity index (χ1v) is 3.35. The van der Waals surface area contributed by atoms with E-state index in [9.17, 15) is 9.59 Å². The van der Waals surface area contributed by atoms with E-state index in [0.29, 0.717) is 0 Å². The summed E-state index contributed by atoms with van der Waals surface area (Å²) in [5.74, 6) is -1.74. The quantitative estimate of drug-likeness (QED) is 0.535. The number of rotatable bonds is 3. The minimum atomic E-state index is -1.20. The van der Waals surface area contributed by atoms with Crippen molar-refractivity contribution in [3.8, 4) is 0 Å². The van der Waals surface area contributed by atoms with E-state index in [1.54, 1.807) is 0 Å². The maximum atomic E-state index is 10.5. The van der Waals surface area contributed by atoms with Gasteiger partial charge in [-0.25, -0.2) is 9.48 Å². The van der Waals surface area contributed by atoms with Gasteiger partial charge in [-0.2, -0.15) is 5.10 Å². The van der Waals surface area contributed by atoms with E-state index in [2.05, 4.69) is 5.10 Å². The van der Waals surface area contributed by atoms with E-state index < -0.39 is 11.9 Å². The van der Waals surface area contributed by atoms with Crippen LogP contribution in [-0.4, -0.2) is 26.8 Å². The molecule has 0 spiro atoms. The summed E-state index contributed by atoms with van der Waals surface area (Å²) in [5, 5.41) is 12.0. The van der Waals surface area contributed by atoms with Crippen LogP contribution in [0.15, 0.2) is 6.07 Å². The first kappa shape index (κ1) is 9.04. The highest BCUT2D eigenvalue weighted by atomic mass is 16.4. The Bertz CT molecular complexity index is 357. The Morgan fingerprint density at radius 3 is 2.62 bits per heavy atom. The third-order valence-electron chi connectivity index (χ3n) is 1.34. The molecule has 70 valence electrons. The monoisotopic (exact) mass is 184 g/mol. The highest BCUT2D eigenvalue weighted by Gasteiger charge is 2.11. The predicted molar refractivity (Wildman–Crippen MR) is 42.8 cm³/mol. The van der Waals surface area contributed by atoms with Crippen LogP contribution in [-0.2, 0) is 11.3 Å². The largest absolute Gasteiger partial charge is 0.476 e. The van der Waals surface area contributed by atoms with Crippen molar-refractivity contribution >= 4 is 17.7 Å². The number of anilines is 1. The van der Waals surface area contributed by atoms with Crippen LogP contribution in [0.5, 0.6) is 0 Å². The molecule has 5 N–H and O–H groups in total. The second-order valence-electron chi connectivity index (χ2n) is 2.38. The molecule has 0 atom stereocenters. The molecule has 7 heteroatoms. The van der Waals surface area contributed by atoms with Crippen molar-refractivity contribution in [2.75, 3.05) is 5.73 Å². The zero-order valence-corrected chi connectivity index (χ0v) is 6.60. The summed E-state index contributed by atoms with van der Waals surface area (Å²) in [5.41, 5.74) is 10.0. The molecule has 0 bridgehead atoms. The van der Waals surface area contributed by atoms with Gasteiger partial charge in [-0.3, -0.25) is 4.79 Å². The molecule has 0 unspecified atom stereocenters. The molecule has 0 aliphatic heterocycles. The molecule has 0 aliphatic carbocycles. The number of amides is 1. The van der Waals surface area contributed by atoms with Crippen LogP contribution in [0.3, 0.4) is 0 Å². The van der Waals surface area contributed by atoms with Crippen LogP contribution in [0.1, 0.15) is 10.5 Å². The molecule has 0 aromatic carbocycles. The number of carbonyl (C=O) groups excluding carboxylic acids is 1. The SMILES string of the molecule is NC(=O)Cn1nc(C(=O)O)cc1N. The predicted octanol–water partition coefficient (Wildman–Crippen LogP) is -1.35. The summed E-state index contributed by atoms with van der Waals surface area (Å²) in [4.78, 5) is 20.9. The van der Waals surface area contributed by atoms with Crippen molar-refractivity contribution < 1.29 is 14.7 Å². The smallest absolute Gasteiger partial charge is 0.356 e. The second kappa shape index (κ2) is 3.13. The molecule has 1 aromatic heterocycles. The van der Waals surface area contributed by atoms with Gasteiger partial charge in [0.2, 0.25) is 5.91 Å². The number of hydrogen-bond acceptors (Lipinski definition) is 4. The Kier molecular flexibility index (Phi) is 2.18. The minimum absolute atomic E-state index is 0.0937. The molecule has 0 radical (unpaired) electrons. The summed E-state index contributed by atoms with van der Waals surface area (Å²) in [6.07, 6.45) is 0. The zero-order valence-electron chi connectivity index (χ0n) is 6.60. The van der Waals surface area contributed by atoms with E-state index >= 15 is 0 Å². The lowest BCUT2D eigenvalue weighted by Gasteiger charge is -1.97. The molecule has 13 heavy (non-hydrogen) atoms. The van der Waals surface area contributed by atoms with Crippen molar-refractivity contribution in [3.05, 3.63) is 11.8 Å². The van der Waals surface area contributed by atoms with Crippen LogP contribution in [0, 0.1) is 0 Å². The van der Waals surface area contributed by atoms with Crippen molar-refractivity contribution in [1.29, 1.82) is 0 Å². The molecule has 1 rings (SSSR count). The summed E-state index contributed by atoms with van der Waals surface area (Å²) in [7, 11) is 0. The van der Waals surface area contributed by atoms with Gasteiger partial charge in [0.05, 0.1) is 0 Å². The minimum Gasteiger partial charge on any atom is -0.476 e. The molecule has 1 aromatic rings. The van der Waals surface area contributed by atoms with Crippen LogP contribution >= 0.6 is 0 Å². The number of carboxylic acids is 1. The van der Waals surface area contributed by atoms with Crippen molar-refractivity contribution in [3.63, 3.8) is 0 Å². The van der Waals surface area contributed by atoms with Gasteiger partial charge in [0.25, 0.3) is 0 Å². The van der Waals surface area contributed by atoms with E-state index in [0.717, 1.165) is 10.7 Å². The number of nitrogens with two attached hydrogens (primary N) is 2. The Labute approximate surface area is 72.9 Å². The Hall–Kier alpha value is -2.05. The Morgan fingerprint density at radius 2 is 2.23 bits per heavy atom. The van der Waals surface area contributed by atoms with E-state index in [1.165, 1.54) is 0 Å². The van der Waals surface area contributed by atoms with Crippen LogP contribution in [0.2, 0.25) is 0 Å². The third kappa shape index (κ3) is 1.95. The third-order valence-corrected chi connectivity index (χ3v) is 1.34. The molecule has 1 amide bonds. The molecule has 0 saturated carbocycles. The van der Waals surface area contributed by atoms with Gasteiger partial charge in [-0.15, -0.1) is 0 Å².